The molecule has 0 unspecified atom stereocenters. The van der Waals surface area contributed by atoms with Gasteiger partial charge in [-0.2, -0.15) is 5.26 Å². The Morgan fingerprint density at radius 3 is 2.80 bits per heavy atom. The summed E-state index contributed by atoms with van der Waals surface area (Å²) in [4.78, 5) is 10.8. The molecule has 0 heterocycles. The van der Waals surface area contributed by atoms with E-state index < -0.39 is 5.91 Å². The molecule has 0 bridgehead atoms. The number of benzene rings is 1. The van der Waals surface area contributed by atoms with E-state index in [2.05, 4.69) is 15.9 Å². The van der Waals surface area contributed by atoms with Gasteiger partial charge in [-0.25, -0.2) is 0 Å². The van der Waals surface area contributed by atoms with Gasteiger partial charge in [-0.3, -0.25) is 4.79 Å². The van der Waals surface area contributed by atoms with Crippen molar-refractivity contribution < 1.29 is 4.79 Å². The highest BCUT2D eigenvalue weighted by Gasteiger charge is 2.06. The average Bonchev–Trinajstić information content (AvgIpc) is 2.19. The highest BCUT2D eigenvalue weighted by atomic mass is 79.9. The Labute approximate surface area is 100 Å². The number of carbonyl (C=O) groups is 1. The molecular weight excluding hydrogens is 279 g/mol. The zero-order valence-corrected chi connectivity index (χ0v) is 9.84. The van der Waals surface area contributed by atoms with Crippen LogP contribution in [0.1, 0.15) is 5.56 Å². The fourth-order valence-corrected chi connectivity index (χ4v) is 1.51. The van der Waals surface area contributed by atoms with Crippen LogP contribution in [0.2, 0.25) is 5.02 Å². The van der Waals surface area contributed by atoms with E-state index >= 15 is 0 Å². The molecule has 3 nitrogen and oxygen atoms in total. The van der Waals surface area contributed by atoms with Crippen molar-refractivity contribution in [3.8, 4) is 6.07 Å². The number of rotatable bonds is 2. The monoisotopic (exact) mass is 284 g/mol. The average molecular weight is 286 g/mol. The first-order chi connectivity index (χ1) is 7.06. The zero-order chi connectivity index (χ0) is 11.4. The predicted octanol–water partition coefficient (Wildman–Crippen LogP) is 2.49. The predicted molar refractivity (Wildman–Crippen MR) is 61.9 cm³/mol. The van der Waals surface area contributed by atoms with Gasteiger partial charge >= 0.3 is 0 Å². The SMILES string of the molecule is N#CC(=Cc1cccc(Br)c1Cl)C(N)=O. The summed E-state index contributed by atoms with van der Waals surface area (Å²) in [5.41, 5.74) is 5.44. The summed E-state index contributed by atoms with van der Waals surface area (Å²) in [5.74, 6) is -0.770. The lowest BCUT2D eigenvalue weighted by Gasteiger charge is -2.00. The molecule has 15 heavy (non-hydrogen) atoms. The van der Waals surface area contributed by atoms with Crippen molar-refractivity contribution in [3.05, 3.63) is 38.8 Å². The van der Waals surface area contributed by atoms with Crippen molar-refractivity contribution >= 4 is 39.5 Å². The van der Waals surface area contributed by atoms with Gasteiger partial charge in [-0.1, -0.05) is 23.7 Å². The Morgan fingerprint density at radius 1 is 1.60 bits per heavy atom. The molecule has 0 saturated heterocycles. The second-order valence-corrected chi connectivity index (χ2v) is 3.91. The van der Waals surface area contributed by atoms with E-state index in [9.17, 15) is 4.79 Å². The molecule has 1 amide bonds. The van der Waals surface area contributed by atoms with Crippen LogP contribution in [-0.4, -0.2) is 5.91 Å². The van der Waals surface area contributed by atoms with Crippen molar-refractivity contribution in [2.75, 3.05) is 0 Å². The first-order valence-corrected chi connectivity index (χ1v) is 5.09. The maximum Gasteiger partial charge on any atom is 0.259 e. The largest absolute Gasteiger partial charge is 0.365 e. The molecule has 0 aliphatic heterocycles. The van der Waals surface area contributed by atoms with Crippen LogP contribution in [0, 0.1) is 11.3 Å². The van der Waals surface area contributed by atoms with Crippen LogP contribution in [0.3, 0.4) is 0 Å². The zero-order valence-electron chi connectivity index (χ0n) is 7.50. The molecular formula is C10H6BrClN2O. The highest BCUT2D eigenvalue weighted by Crippen LogP contribution is 2.27. The molecule has 0 radical (unpaired) electrons. The van der Waals surface area contributed by atoms with Crippen LogP contribution in [0.4, 0.5) is 0 Å². The third-order valence-corrected chi connectivity index (χ3v) is 2.98. The van der Waals surface area contributed by atoms with Gasteiger partial charge in [0.1, 0.15) is 11.6 Å². The summed E-state index contributed by atoms with van der Waals surface area (Å²) in [6.07, 6.45) is 1.36. The molecule has 0 fully saturated rings. The maximum absolute atomic E-state index is 10.8. The number of carbonyl (C=O) groups excluding carboxylic acids is 1. The van der Waals surface area contributed by atoms with E-state index in [4.69, 9.17) is 22.6 Å². The van der Waals surface area contributed by atoms with E-state index in [1.54, 1.807) is 24.3 Å². The molecule has 0 aliphatic carbocycles. The number of nitriles is 1. The molecule has 1 aromatic carbocycles. The molecule has 0 saturated carbocycles. The smallest absolute Gasteiger partial charge is 0.259 e. The summed E-state index contributed by atoms with van der Waals surface area (Å²) < 4.78 is 0.694. The fourth-order valence-electron chi connectivity index (χ4n) is 0.946. The van der Waals surface area contributed by atoms with Gasteiger partial charge in [0, 0.05) is 4.47 Å². The number of amides is 1. The lowest BCUT2D eigenvalue weighted by Crippen LogP contribution is -2.12. The Kier molecular flexibility index (Phi) is 3.89. The van der Waals surface area contributed by atoms with E-state index in [1.807, 2.05) is 0 Å². The van der Waals surface area contributed by atoms with Gasteiger partial charge in [0.25, 0.3) is 5.91 Å². The Balaban J connectivity index is 3.25. The standard InChI is InChI=1S/C10H6BrClN2O/c11-8-3-1-2-6(9(8)12)4-7(5-13)10(14)15/h1-4H,(H2,14,15). The van der Waals surface area contributed by atoms with Gasteiger partial charge in [-0.15, -0.1) is 0 Å². The van der Waals surface area contributed by atoms with E-state index in [0.717, 1.165) is 0 Å². The number of nitrogens with zero attached hydrogens (tertiary/aromatic N) is 1. The van der Waals surface area contributed by atoms with Gasteiger partial charge in [0.05, 0.1) is 5.02 Å². The lowest BCUT2D eigenvalue weighted by atomic mass is 10.1. The van der Waals surface area contributed by atoms with Crippen LogP contribution in [-0.2, 0) is 4.79 Å². The van der Waals surface area contributed by atoms with Crippen molar-refractivity contribution in [1.29, 1.82) is 5.26 Å². The third kappa shape index (κ3) is 2.82. The summed E-state index contributed by atoms with van der Waals surface area (Å²) in [5, 5.41) is 9.08. The fraction of sp³-hybridized carbons (Fsp3) is 0. The van der Waals surface area contributed by atoms with Gasteiger partial charge < -0.3 is 5.73 Å². The molecule has 0 aromatic heterocycles. The van der Waals surface area contributed by atoms with E-state index in [0.29, 0.717) is 15.1 Å². The van der Waals surface area contributed by atoms with Gasteiger partial charge in [-0.05, 0) is 33.6 Å². The van der Waals surface area contributed by atoms with Gasteiger partial charge in [0.15, 0.2) is 0 Å². The molecule has 2 N–H and O–H groups in total. The number of hydrogen-bond donors (Lipinski definition) is 1. The normalized spacial score (nSPS) is 10.9. The minimum atomic E-state index is -0.770. The quantitative estimate of drug-likeness (QED) is 0.670. The summed E-state index contributed by atoms with van der Waals surface area (Å²) in [6.45, 7) is 0. The molecule has 1 aromatic rings. The van der Waals surface area contributed by atoms with Crippen molar-refractivity contribution in [3.63, 3.8) is 0 Å². The van der Waals surface area contributed by atoms with Gasteiger partial charge in [0.2, 0.25) is 0 Å². The maximum atomic E-state index is 10.8. The van der Waals surface area contributed by atoms with Crippen LogP contribution in [0.5, 0.6) is 0 Å². The topological polar surface area (TPSA) is 66.9 Å². The number of halogens is 2. The Bertz CT molecular complexity index is 477. The Morgan fingerprint density at radius 2 is 2.27 bits per heavy atom. The highest BCUT2D eigenvalue weighted by molar-refractivity contribution is 9.10. The minimum Gasteiger partial charge on any atom is -0.365 e. The molecule has 1 rings (SSSR count). The number of nitrogens with two attached hydrogens (primary N) is 1. The van der Waals surface area contributed by atoms with E-state index in [-0.39, 0.29) is 5.57 Å². The van der Waals surface area contributed by atoms with Crippen molar-refractivity contribution in [1.82, 2.24) is 0 Å². The number of primary amides is 1. The second-order valence-electron chi connectivity index (χ2n) is 2.68. The minimum absolute atomic E-state index is 0.130. The second kappa shape index (κ2) is 4.96. The molecule has 0 aliphatic rings. The molecule has 76 valence electrons. The van der Waals surface area contributed by atoms with Crippen LogP contribution in [0.25, 0.3) is 6.08 Å². The summed E-state index contributed by atoms with van der Waals surface area (Å²) in [7, 11) is 0. The van der Waals surface area contributed by atoms with Crippen molar-refractivity contribution in [2.45, 2.75) is 0 Å². The first kappa shape index (κ1) is 11.8. The molecule has 0 spiro atoms. The van der Waals surface area contributed by atoms with Crippen LogP contribution < -0.4 is 5.73 Å². The summed E-state index contributed by atoms with van der Waals surface area (Å²) in [6, 6.07) is 6.90. The number of hydrogen-bond acceptors (Lipinski definition) is 2. The lowest BCUT2D eigenvalue weighted by molar-refractivity contribution is -0.114. The van der Waals surface area contributed by atoms with Crippen LogP contribution >= 0.6 is 27.5 Å². The van der Waals surface area contributed by atoms with E-state index in [1.165, 1.54) is 6.08 Å². The molecule has 0 atom stereocenters. The Hall–Kier alpha value is -1.31. The van der Waals surface area contributed by atoms with Crippen molar-refractivity contribution in [2.24, 2.45) is 5.73 Å². The third-order valence-electron chi connectivity index (χ3n) is 1.67. The van der Waals surface area contributed by atoms with Crippen LogP contribution in [0.15, 0.2) is 28.2 Å². The summed E-state index contributed by atoms with van der Waals surface area (Å²) >= 11 is 9.18. The first-order valence-electron chi connectivity index (χ1n) is 3.92. The molecule has 5 heteroatoms.